The Morgan fingerprint density at radius 1 is 1.30 bits per heavy atom. The van der Waals surface area contributed by atoms with Gasteiger partial charge in [-0.15, -0.1) is 0 Å². The SMILES string of the molecule is O=[N+]([O-])c1cc(Cl)nc(N2CCCN3CCCC3C2)c1. The molecule has 0 aromatic carbocycles. The van der Waals surface area contributed by atoms with Crippen LogP contribution in [0.15, 0.2) is 12.1 Å². The molecule has 2 saturated heterocycles. The number of hydrogen-bond acceptors (Lipinski definition) is 5. The van der Waals surface area contributed by atoms with E-state index in [1.807, 2.05) is 0 Å². The standard InChI is InChI=1S/C13H17ClN4O2/c14-12-7-11(18(19)20)8-13(15-12)17-6-2-5-16-4-1-3-10(16)9-17/h7-8,10H,1-6,9H2. The topological polar surface area (TPSA) is 62.5 Å². The van der Waals surface area contributed by atoms with Crippen LogP contribution in [-0.2, 0) is 0 Å². The maximum absolute atomic E-state index is 10.9. The first kappa shape index (κ1) is 13.6. The van der Waals surface area contributed by atoms with Gasteiger partial charge in [0.2, 0.25) is 0 Å². The lowest BCUT2D eigenvalue weighted by Gasteiger charge is -2.26. The fourth-order valence-electron chi connectivity index (χ4n) is 3.15. The van der Waals surface area contributed by atoms with Crippen LogP contribution in [0, 0.1) is 10.1 Å². The van der Waals surface area contributed by atoms with E-state index in [9.17, 15) is 10.1 Å². The number of pyridine rings is 1. The second-order valence-electron chi connectivity index (χ2n) is 5.39. The molecule has 0 spiro atoms. The fraction of sp³-hybridized carbons (Fsp3) is 0.615. The van der Waals surface area contributed by atoms with Gasteiger partial charge >= 0.3 is 0 Å². The Hall–Kier alpha value is -1.40. The van der Waals surface area contributed by atoms with Gasteiger partial charge in [-0.25, -0.2) is 4.98 Å². The molecule has 2 aliphatic rings. The zero-order chi connectivity index (χ0) is 14.1. The summed E-state index contributed by atoms with van der Waals surface area (Å²) in [6, 6.07) is 3.36. The monoisotopic (exact) mass is 296 g/mol. The second-order valence-corrected chi connectivity index (χ2v) is 5.78. The van der Waals surface area contributed by atoms with Crippen LogP contribution in [0.25, 0.3) is 0 Å². The summed E-state index contributed by atoms with van der Waals surface area (Å²) in [5, 5.41) is 11.1. The number of anilines is 1. The predicted molar refractivity (Wildman–Crippen MR) is 77.3 cm³/mol. The summed E-state index contributed by atoms with van der Waals surface area (Å²) >= 11 is 5.91. The van der Waals surface area contributed by atoms with E-state index in [0.29, 0.717) is 11.9 Å². The molecule has 2 aliphatic heterocycles. The van der Waals surface area contributed by atoms with Gasteiger partial charge in [0.05, 0.1) is 17.1 Å². The lowest BCUT2D eigenvalue weighted by molar-refractivity contribution is -0.384. The van der Waals surface area contributed by atoms with Crippen LogP contribution in [0.2, 0.25) is 5.15 Å². The van der Waals surface area contributed by atoms with Gasteiger partial charge in [-0.3, -0.25) is 15.0 Å². The molecule has 1 aromatic heterocycles. The first-order valence-corrected chi connectivity index (χ1v) is 7.32. The summed E-state index contributed by atoms with van der Waals surface area (Å²) in [7, 11) is 0. The van der Waals surface area contributed by atoms with E-state index in [-0.39, 0.29) is 10.8 Å². The summed E-state index contributed by atoms with van der Waals surface area (Å²) in [6.45, 7) is 4.02. The van der Waals surface area contributed by atoms with Gasteiger partial charge in [-0.2, -0.15) is 0 Å². The summed E-state index contributed by atoms with van der Waals surface area (Å²) in [5.74, 6) is 0.623. The van der Waals surface area contributed by atoms with E-state index in [1.165, 1.54) is 31.5 Å². The van der Waals surface area contributed by atoms with E-state index in [4.69, 9.17) is 11.6 Å². The van der Waals surface area contributed by atoms with Crippen molar-refractivity contribution in [1.82, 2.24) is 9.88 Å². The van der Waals surface area contributed by atoms with E-state index in [1.54, 1.807) is 0 Å². The van der Waals surface area contributed by atoms with E-state index < -0.39 is 4.92 Å². The van der Waals surface area contributed by atoms with Gasteiger partial charge in [-0.05, 0) is 25.8 Å². The molecule has 20 heavy (non-hydrogen) atoms. The predicted octanol–water partition coefficient (Wildman–Crippen LogP) is 2.32. The zero-order valence-electron chi connectivity index (χ0n) is 11.2. The van der Waals surface area contributed by atoms with E-state index in [2.05, 4.69) is 14.8 Å². The van der Waals surface area contributed by atoms with Crippen LogP contribution in [-0.4, -0.2) is 47.0 Å². The van der Waals surface area contributed by atoms with E-state index in [0.717, 1.165) is 26.1 Å². The average Bonchev–Trinajstić information content (AvgIpc) is 2.75. The molecule has 0 radical (unpaired) electrons. The van der Waals surface area contributed by atoms with Gasteiger partial charge in [0, 0.05) is 25.7 Å². The lowest BCUT2D eigenvalue weighted by Crippen LogP contribution is -2.37. The second kappa shape index (κ2) is 5.54. The minimum Gasteiger partial charge on any atom is -0.355 e. The van der Waals surface area contributed by atoms with Crippen LogP contribution in [0.1, 0.15) is 19.3 Å². The zero-order valence-corrected chi connectivity index (χ0v) is 11.9. The maximum atomic E-state index is 10.9. The van der Waals surface area contributed by atoms with Crippen molar-refractivity contribution in [1.29, 1.82) is 0 Å². The Labute approximate surface area is 122 Å². The number of halogens is 1. The molecule has 6 nitrogen and oxygen atoms in total. The first-order chi connectivity index (χ1) is 9.63. The van der Waals surface area contributed by atoms with Gasteiger partial charge in [0.15, 0.2) is 0 Å². The van der Waals surface area contributed by atoms with Crippen LogP contribution in [0.3, 0.4) is 0 Å². The van der Waals surface area contributed by atoms with Crippen molar-refractivity contribution in [2.45, 2.75) is 25.3 Å². The summed E-state index contributed by atoms with van der Waals surface area (Å²) in [5.41, 5.74) is 0.00697. The maximum Gasteiger partial charge on any atom is 0.276 e. The molecule has 0 amide bonds. The van der Waals surface area contributed by atoms with Gasteiger partial charge < -0.3 is 4.90 Å². The molecule has 0 aliphatic carbocycles. The minimum absolute atomic E-state index is 0.00697. The fourth-order valence-corrected chi connectivity index (χ4v) is 3.35. The molecular weight excluding hydrogens is 280 g/mol. The minimum atomic E-state index is -0.420. The van der Waals surface area contributed by atoms with Crippen molar-refractivity contribution in [3.63, 3.8) is 0 Å². The molecule has 1 aromatic rings. The van der Waals surface area contributed by atoms with Crippen LogP contribution in [0.4, 0.5) is 11.5 Å². The molecular formula is C13H17ClN4O2. The first-order valence-electron chi connectivity index (χ1n) is 6.94. The van der Waals surface area contributed by atoms with Crippen molar-refractivity contribution in [2.75, 3.05) is 31.1 Å². The Morgan fingerprint density at radius 3 is 2.90 bits per heavy atom. The van der Waals surface area contributed by atoms with Gasteiger partial charge in [0.1, 0.15) is 11.0 Å². The Balaban J connectivity index is 1.86. The van der Waals surface area contributed by atoms with Gasteiger partial charge in [-0.1, -0.05) is 11.6 Å². The van der Waals surface area contributed by atoms with Gasteiger partial charge in [0.25, 0.3) is 5.69 Å². The molecule has 2 fully saturated rings. The molecule has 3 heterocycles. The summed E-state index contributed by atoms with van der Waals surface area (Å²) in [4.78, 5) is 19.4. The van der Waals surface area contributed by atoms with Crippen LogP contribution in [0.5, 0.6) is 0 Å². The quantitative estimate of drug-likeness (QED) is 0.476. The third-order valence-electron chi connectivity index (χ3n) is 4.10. The molecule has 7 heteroatoms. The third kappa shape index (κ3) is 2.71. The van der Waals surface area contributed by atoms with E-state index >= 15 is 0 Å². The number of nitro groups is 1. The lowest BCUT2D eigenvalue weighted by atomic mass is 10.2. The number of hydrogen-bond donors (Lipinski definition) is 0. The highest BCUT2D eigenvalue weighted by molar-refractivity contribution is 6.29. The molecule has 0 bridgehead atoms. The summed E-state index contributed by atoms with van der Waals surface area (Å²) < 4.78 is 0. The molecule has 3 rings (SSSR count). The van der Waals surface area contributed by atoms with Crippen LogP contribution < -0.4 is 4.90 Å². The number of aromatic nitrogens is 1. The number of nitrogens with zero attached hydrogens (tertiary/aromatic N) is 4. The van der Waals surface area contributed by atoms with Crippen molar-refractivity contribution in [3.05, 3.63) is 27.4 Å². The van der Waals surface area contributed by atoms with Crippen LogP contribution >= 0.6 is 11.6 Å². The number of fused-ring (bicyclic) bond motifs is 1. The highest BCUT2D eigenvalue weighted by Crippen LogP contribution is 2.27. The van der Waals surface area contributed by atoms with Crippen molar-refractivity contribution in [3.8, 4) is 0 Å². The molecule has 108 valence electrons. The molecule has 1 unspecified atom stereocenters. The highest BCUT2D eigenvalue weighted by Gasteiger charge is 2.29. The summed E-state index contributed by atoms with van der Waals surface area (Å²) in [6.07, 6.45) is 3.49. The third-order valence-corrected chi connectivity index (χ3v) is 4.30. The largest absolute Gasteiger partial charge is 0.355 e. The average molecular weight is 297 g/mol. The molecule has 1 atom stereocenters. The Kier molecular flexibility index (Phi) is 3.76. The molecule has 0 saturated carbocycles. The highest BCUT2D eigenvalue weighted by atomic mass is 35.5. The van der Waals surface area contributed by atoms with Crippen molar-refractivity contribution >= 4 is 23.1 Å². The smallest absolute Gasteiger partial charge is 0.276 e. The van der Waals surface area contributed by atoms with Crippen molar-refractivity contribution < 1.29 is 4.92 Å². The Morgan fingerprint density at radius 2 is 2.10 bits per heavy atom. The normalized spacial score (nSPS) is 23.4. The Bertz CT molecular complexity index is 525. The number of rotatable bonds is 2. The molecule has 0 N–H and O–H groups in total. The van der Waals surface area contributed by atoms with Crippen molar-refractivity contribution in [2.24, 2.45) is 0 Å².